The normalized spacial score (nSPS) is 14.1. The van der Waals surface area contributed by atoms with Crippen molar-refractivity contribution >= 4 is 23.2 Å². The number of nitrogens with two attached hydrogens (primary N) is 1. The lowest BCUT2D eigenvalue weighted by Crippen LogP contribution is -2.52. The van der Waals surface area contributed by atoms with Crippen molar-refractivity contribution in [2.24, 2.45) is 5.73 Å². The molecule has 0 unspecified atom stereocenters. The fourth-order valence-electron chi connectivity index (χ4n) is 1.98. The van der Waals surface area contributed by atoms with E-state index in [1.807, 2.05) is 0 Å². The van der Waals surface area contributed by atoms with Crippen LogP contribution >= 0.6 is 11.3 Å². The van der Waals surface area contributed by atoms with Crippen molar-refractivity contribution in [1.82, 2.24) is 5.32 Å². The van der Waals surface area contributed by atoms with Gasteiger partial charge in [-0.1, -0.05) is 18.2 Å². The molecule has 2 rings (SSSR count). The van der Waals surface area contributed by atoms with Crippen LogP contribution in [0.2, 0.25) is 0 Å². The summed E-state index contributed by atoms with van der Waals surface area (Å²) >= 11 is 1.14. The van der Waals surface area contributed by atoms with Crippen LogP contribution in [0, 0.1) is 0 Å². The molecule has 1 atom stereocenters. The Morgan fingerprint density at radius 2 is 1.78 bits per heavy atom. The second-order valence-electron chi connectivity index (χ2n) is 5.00. The minimum Gasteiger partial charge on any atom is -0.367 e. The number of carbonyl (C=O) groups is 2. The van der Waals surface area contributed by atoms with E-state index in [0.717, 1.165) is 29.5 Å². The van der Waals surface area contributed by atoms with E-state index in [4.69, 9.17) is 5.73 Å². The number of halogens is 3. The van der Waals surface area contributed by atoms with Gasteiger partial charge in [0.15, 0.2) is 0 Å². The van der Waals surface area contributed by atoms with Crippen LogP contribution in [0.15, 0.2) is 41.8 Å². The summed E-state index contributed by atoms with van der Waals surface area (Å²) in [5, 5.41) is 4.09. The molecule has 2 amide bonds. The van der Waals surface area contributed by atoms with Crippen molar-refractivity contribution in [3.8, 4) is 0 Å². The molecule has 0 saturated heterocycles. The summed E-state index contributed by atoms with van der Waals surface area (Å²) in [6.07, 6.45) is -4.56. The molecule has 122 valence electrons. The van der Waals surface area contributed by atoms with Crippen LogP contribution in [0.4, 0.5) is 13.2 Å². The number of primary amides is 1. The molecule has 0 fully saturated rings. The van der Waals surface area contributed by atoms with Gasteiger partial charge < -0.3 is 11.1 Å². The number of hydrogen-bond acceptors (Lipinski definition) is 3. The number of hydrogen-bond donors (Lipinski definition) is 2. The highest BCUT2D eigenvalue weighted by Crippen LogP contribution is 2.32. The molecular formula is C15H13F3N2O2S. The van der Waals surface area contributed by atoms with Crippen molar-refractivity contribution < 1.29 is 22.8 Å². The van der Waals surface area contributed by atoms with E-state index in [9.17, 15) is 22.8 Å². The summed E-state index contributed by atoms with van der Waals surface area (Å²) in [5.74, 6) is -1.54. The molecule has 0 aliphatic heterocycles. The fraction of sp³-hybridized carbons (Fsp3) is 0.200. The first-order chi connectivity index (χ1) is 10.6. The van der Waals surface area contributed by atoms with E-state index < -0.39 is 29.1 Å². The van der Waals surface area contributed by atoms with Gasteiger partial charge in [-0.25, -0.2) is 0 Å². The first-order valence-corrected chi connectivity index (χ1v) is 7.36. The third-order valence-corrected chi connectivity index (χ3v) is 4.24. The molecule has 8 heteroatoms. The topological polar surface area (TPSA) is 72.2 Å². The molecule has 0 aliphatic carbocycles. The number of benzene rings is 1. The average Bonchev–Trinajstić information content (AvgIpc) is 3.00. The average molecular weight is 342 g/mol. The van der Waals surface area contributed by atoms with Crippen molar-refractivity contribution in [2.45, 2.75) is 18.6 Å². The highest BCUT2D eigenvalue weighted by Gasteiger charge is 2.38. The summed E-state index contributed by atoms with van der Waals surface area (Å²) in [6.45, 7) is 1.27. The van der Waals surface area contributed by atoms with Crippen LogP contribution in [-0.4, -0.2) is 11.8 Å². The Morgan fingerprint density at radius 1 is 1.13 bits per heavy atom. The zero-order valence-corrected chi connectivity index (χ0v) is 12.8. The Hall–Kier alpha value is -2.35. The number of rotatable bonds is 4. The second kappa shape index (κ2) is 6.04. The van der Waals surface area contributed by atoms with Gasteiger partial charge in [-0.15, -0.1) is 11.3 Å². The summed E-state index contributed by atoms with van der Waals surface area (Å²) < 4.78 is 38.5. The highest BCUT2D eigenvalue weighted by atomic mass is 32.1. The number of carbonyl (C=O) groups excluding carboxylic acids is 2. The lowest BCUT2D eigenvalue weighted by molar-refractivity contribution is -0.137. The van der Waals surface area contributed by atoms with Crippen LogP contribution in [0.3, 0.4) is 0 Å². The molecule has 0 aliphatic rings. The monoisotopic (exact) mass is 342 g/mol. The Balaban J connectivity index is 2.41. The highest BCUT2D eigenvalue weighted by molar-refractivity contribution is 7.12. The Bertz CT molecular complexity index is 729. The maximum atomic E-state index is 12.8. The summed E-state index contributed by atoms with van der Waals surface area (Å²) in [7, 11) is 0. The fourth-order valence-corrected chi connectivity index (χ4v) is 2.60. The molecule has 4 nitrogen and oxygen atoms in total. The Kier molecular flexibility index (Phi) is 4.46. The molecule has 1 aromatic heterocycles. The standard InChI is InChI=1S/C15H13F3N2O2S/c1-14(13(19)22,20-12(21)11-6-3-7-23-11)9-4-2-5-10(8-9)15(16,17)18/h2-8H,1H3,(H2,19,22)(H,20,21)/t14-/m0/s1. The molecule has 1 aromatic carbocycles. The molecule has 0 bridgehead atoms. The van der Waals surface area contributed by atoms with E-state index in [0.29, 0.717) is 4.88 Å². The zero-order valence-electron chi connectivity index (χ0n) is 12.0. The number of thiophene rings is 1. The van der Waals surface area contributed by atoms with Gasteiger partial charge >= 0.3 is 6.18 Å². The van der Waals surface area contributed by atoms with Crippen LogP contribution < -0.4 is 11.1 Å². The minimum absolute atomic E-state index is 0.0373. The van der Waals surface area contributed by atoms with Crippen molar-refractivity contribution in [1.29, 1.82) is 0 Å². The van der Waals surface area contributed by atoms with Gasteiger partial charge in [0.1, 0.15) is 5.54 Å². The van der Waals surface area contributed by atoms with Gasteiger partial charge in [-0.05, 0) is 36.1 Å². The van der Waals surface area contributed by atoms with Crippen LogP contribution in [-0.2, 0) is 16.5 Å². The molecular weight excluding hydrogens is 329 g/mol. The van der Waals surface area contributed by atoms with E-state index in [1.165, 1.54) is 19.1 Å². The van der Waals surface area contributed by atoms with E-state index in [1.54, 1.807) is 11.4 Å². The molecule has 1 heterocycles. The van der Waals surface area contributed by atoms with Crippen molar-refractivity contribution in [2.75, 3.05) is 0 Å². The maximum absolute atomic E-state index is 12.8. The first-order valence-electron chi connectivity index (χ1n) is 6.48. The van der Waals surface area contributed by atoms with E-state index in [2.05, 4.69) is 5.32 Å². The number of nitrogens with one attached hydrogen (secondary N) is 1. The zero-order chi connectivity index (χ0) is 17.3. The molecule has 0 radical (unpaired) electrons. The quantitative estimate of drug-likeness (QED) is 0.897. The predicted molar refractivity (Wildman–Crippen MR) is 79.8 cm³/mol. The molecule has 2 aromatic rings. The molecule has 0 spiro atoms. The number of amides is 2. The van der Waals surface area contributed by atoms with Gasteiger partial charge in [0.2, 0.25) is 5.91 Å². The van der Waals surface area contributed by atoms with Crippen molar-refractivity contribution in [3.63, 3.8) is 0 Å². The minimum atomic E-state index is -4.56. The van der Waals surface area contributed by atoms with Gasteiger partial charge in [0.05, 0.1) is 10.4 Å². The lowest BCUT2D eigenvalue weighted by Gasteiger charge is -2.28. The summed E-state index contributed by atoms with van der Waals surface area (Å²) in [6, 6.07) is 7.34. The Morgan fingerprint density at radius 3 is 2.30 bits per heavy atom. The largest absolute Gasteiger partial charge is 0.416 e. The van der Waals surface area contributed by atoms with E-state index >= 15 is 0 Å². The van der Waals surface area contributed by atoms with Gasteiger partial charge in [0.25, 0.3) is 5.91 Å². The summed E-state index contributed by atoms with van der Waals surface area (Å²) in [4.78, 5) is 24.3. The van der Waals surface area contributed by atoms with Crippen LogP contribution in [0.1, 0.15) is 27.7 Å². The van der Waals surface area contributed by atoms with Gasteiger partial charge in [0, 0.05) is 0 Å². The van der Waals surface area contributed by atoms with Crippen LogP contribution in [0.25, 0.3) is 0 Å². The van der Waals surface area contributed by atoms with Gasteiger partial charge in [-0.2, -0.15) is 13.2 Å². The third kappa shape index (κ3) is 3.53. The number of alkyl halides is 3. The first kappa shape index (κ1) is 17.0. The predicted octanol–water partition coefficient (Wildman–Crippen LogP) is 2.90. The maximum Gasteiger partial charge on any atom is 0.416 e. The third-order valence-electron chi connectivity index (χ3n) is 3.37. The van der Waals surface area contributed by atoms with Crippen molar-refractivity contribution in [3.05, 3.63) is 57.8 Å². The second-order valence-corrected chi connectivity index (χ2v) is 5.95. The van der Waals surface area contributed by atoms with Crippen LogP contribution in [0.5, 0.6) is 0 Å². The Labute approximate surface area is 134 Å². The molecule has 3 N–H and O–H groups in total. The molecule has 23 heavy (non-hydrogen) atoms. The summed E-state index contributed by atoms with van der Waals surface area (Å²) in [5.41, 5.74) is 2.61. The lowest BCUT2D eigenvalue weighted by atomic mass is 9.89. The molecule has 0 saturated carbocycles. The van der Waals surface area contributed by atoms with Gasteiger partial charge in [-0.3, -0.25) is 9.59 Å². The SMILES string of the molecule is C[C@@](NC(=O)c1cccs1)(C(N)=O)c1cccc(C(F)(F)F)c1. The smallest absolute Gasteiger partial charge is 0.367 e. The van der Waals surface area contributed by atoms with E-state index in [-0.39, 0.29) is 5.56 Å².